The van der Waals surface area contributed by atoms with Crippen molar-refractivity contribution in [2.75, 3.05) is 0 Å². The lowest BCUT2D eigenvalue weighted by atomic mass is 10.1. The number of hydrogen-bond acceptors (Lipinski definition) is 3. The van der Waals surface area contributed by atoms with Gasteiger partial charge < -0.3 is 5.32 Å². The maximum Gasteiger partial charge on any atom is 0.271 e. The molecule has 0 radical (unpaired) electrons. The van der Waals surface area contributed by atoms with Crippen LogP contribution in [-0.4, -0.2) is 10.9 Å². The molecule has 0 aliphatic rings. The van der Waals surface area contributed by atoms with E-state index in [1.54, 1.807) is 5.38 Å². The summed E-state index contributed by atoms with van der Waals surface area (Å²) in [5.41, 5.74) is 1.60. The van der Waals surface area contributed by atoms with Crippen LogP contribution in [0, 0.1) is 11.6 Å². The van der Waals surface area contributed by atoms with E-state index in [-0.39, 0.29) is 11.3 Å². The number of thiazole rings is 1. The van der Waals surface area contributed by atoms with Crippen molar-refractivity contribution in [1.29, 1.82) is 0 Å². The first-order chi connectivity index (χ1) is 8.59. The molecule has 2 rings (SSSR count). The van der Waals surface area contributed by atoms with Gasteiger partial charge in [0.05, 0.1) is 11.6 Å². The molecule has 18 heavy (non-hydrogen) atoms. The second kappa shape index (κ2) is 5.22. The molecule has 2 aromatic rings. The molecular weight excluding hydrogens is 258 g/mol. The fourth-order valence-electron chi connectivity index (χ4n) is 1.59. The van der Waals surface area contributed by atoms with Gasteiger partial charge in [0.15, 0.2) is 0 Å². The Balaban J connectivity index is 2.17. The number of carbonyl (C=O) groups excluding carboxylic acids is 1. The van der Waals surface area contributed by atoms with Crippen LogP contribution in [0.15, 0.2) is 29.1 Å². The Morgan fingerprint density at radius 1 is 1.39 bits per heavy atom. The van der Waals surface area contributed by atoms with E-state index in [0.717, 1.165) is 12.1 Å². The lowest BCUT2D eigenvalue weighted by Gasteiger charge is -2.15. The molecule has 0 aliphatic carbocycles. The molecule has 0 spiro atoms. The zero-order chi connectivity index (χ0) is 13.1. The standard InChI is InChI=1S/C12H10F2N2OS/c1-7(11-8(13)3-2-4-9(11)14)16-12(17)10-5-18-6-15-10/h2-7H,1H3,(H,16,17). The van der Waals surface area contributed by atoms with Gasteiger partial charge >= 0.3 is 0 Å². The highest BCUT2D eigenvalue weighted by atomic mass is 32.1. The fraction of sp³-hybridized carbons (Fsp3) is 0.167. The molecule has 6 heteroatoms. The number of carbonyl (C=O) groups is 1. The highest BCUT2D eigenvalue weighted by Gasteiger charge is 2.19. The van der Waals surface area contributed by atoms with Gasteiger partial charge in [0.1, 0.15) is 17.3 Å². The number of halogens is 2. The smallest absolute Gasteiger partial charge is 0.271 e. The molecule has 1 heterocycles. The topological polar surface area (TPSA) is 42.0 Å². The van der Waals surface area contributed by atoms with Crippen LogP contribution in [0.1, 0.15) is 29.0 Å². The summed E-state index contributed by atoms with van der Waals surface area (Å²) < 4.78 is 27.0. The number of aromatic nitrogens is 1. The van der Waals surface area contributed by atoms with E-state index in [1.807, 2.05) is 0 Å². The molecule has 1 N–H and O–H groups in total. The quantitative estimate of drug-likeness (QED) is 0.930. The second-order valence-corrected chi connectivity index (χ2v) is 4.42. The summed E-state index contributed by atoms with van der Waals surface area (Å²) in [6.07, 6.45) is 0. The Labute approximate surface area is 106 Å². The van der Waals surface area contributed by atoms with E-state index in [2.05, 4.69) is 10.3 Å². The monoisotopic (exact) mass is 268 g/mol. The summed E-state index contributed by atoms with van der Waals surface area (Å²) in [7, 11) is 0. The van der Waals surface area contributed by atoms with E-state index in [9.17, 15) is 13.6 Å². The number of amides is 1. The molecule has 1 atom stereocenters. The lowest BCUT2D eigenvalue weighted by Crippen LogP contribution is -2.28. The van der Waals surface area contributed by atoms with Crippen LogP contribution in [0.4, 0.5) is 8.78 Å². The zero-order valence-corrected chi connectivity index (χ0v) is 10.3. The van der Waals surface area contributed by atoms with Crippen LogP contribution in [0.5, 0.6) is 0 Å². The minimum absolute atomic E-state index is 0.152. The third kappa shape index (κ3) is 2.53. The van der Waals surface area contributed by atoms with Crippen molar-refractivity contribution in [1.82, 2.24) is 10.3 Å². The molecule has 0 saturated carbocycles. The first-order valence-electron chi connectivity index (χ1n) is 5.22. The predicted molar refractivity (Wildman–Crippen MR) is 64.4 cm³/mol. The van der Waals surface area contributed by atoms with Crippen LogP contribution in [0.3, 0.4) is 0 Å². The number of rotatable bonds is 3. The highest BCUT2D eigenvalue weighted by Crippen LogP contribution is 2.20. The van der Waals surface area contributed by atoms with Crippen LogP contribution in [-0.2, 0) is 0 Å². The van der Waals surface area contributed by atoms with Gasteiger partial charge in [0.25, 0.3) is 5.91 Å². The molecule has 1 unspecified atom stereocenters. The van der Waals surface area contributed by atoms with Gasteiger partial charge in [-0.25, -0.2) is 13.8 Å². The molecule has 1 aromatic carbocycles. The second-order valence-electron chi connectivity index (χ2n) is 3.70. The summed E-state index contributed by atoms with van der Waals surface area (Å²) in [6.45, 7) is 1.52. The zero-order valence-electron chi connectivity index (χ0n) is 9.48. The first-order valence-corrected chi connectivity index (χ1v) is 6.17. The van der Waals surface area contributed by atoms with Crippen LogP contribution in [0.2, 0.25) is 0 Å². The van der Waals surface area contributed by atoms with Crippen LogP contribution in [0.25, 0.3) is 0 Å². The van der Waals surface area contributed by atoms with Crippen molar-refractivity contribution < 1.29 is 13.6 Å². The summed E-state index contributed by atoms with van der Waals surface area (Å²) in [5, 5.41) is 4.07. The number of hydrogen-bond donors (Lipinski definition) is 1. The third-order valence-electron chi connectivity index (χ3n) is 2.45. The van der Waals surface area contributed by atoms with Crippen molar-refractivity contribution in [3.63, 3.8) is 0 Å². The minimum Gasteiger partial charge on any atom is -0.344 e. The Morgan fingerprint density at radius 2 is 2.06 bits per heavy atom. The minimum atomic E-state index is -0.764. The predicted octanol–water partition coefficient (Wildman–Crippen LogP) is 2.91. The van der Waals surface area contributed by atoms with Gasteiger partial charge in [0, 0.05) is 10.9 Å². The molecule has 0 saturated heterocycles. The molecule has 0 bridgehead atoms. The van der Waals surface area contributed by atoms with Gasteiger partial charge in [-0.05, 0) is 19.1 Å². The van der Waals surface area contributed by atoms with Gasteiger partial charge in [-0.2, -0.15) is 0 Å². The number of benzene rings is 1. The maximum absolute atomic E-state index is 13.5. The van der Waals surface area contributed by atoms with Crippen molar-refractivity contribution in [2.45, 2.75) is 13.0 Å². The molecule has 3 nitrogen and oxygen atoms in total. The Hall–Kier alpha value is -1.82. The van der Waals surface area contributed by atoms with E-state index in [4.69, 9.17) is 0 Å². The fourth-order valence-corrected chi connectivity index (χ4v) is 2.12. The van der Waals surface area contributed by atoms with Crippen LogP contribution < -0.4 is 5.32 Å². The molecule has 0 aliphatic heterocycles. The third-order valence-corrected chi connectivity index (χ3v) is 3.03. The molecule has 0 fully saturated rings. The Kier molecular flexibility index (Phi) is 3.66. The van der Waals surface area contributed by atoms with Gasteiger partial charge in [0.2, 0.25) is 0 Å². The van der Waals surface area contributed by atoms with Crippen molar-refractivity contribution in [3.8, 4) is 0 Å². The molecule has 1 aromatic heterocycles. The lowest BCUT2D eigenvalue weighted by molar-refractivity contribution is 0.0934. The van der Waals surface area contributed by atoms with Gasteiger partial charge in [-0.3, -0.25) is 4.79 Å². The summed E-state index contributed by atoms with van der Waals surface area (Å²) in [6, 6.07) is 2.83. The van der Waals surface area contributed by atoms with Gasteiger partial charge in [-0.15, -0.1) is 11.3 Å². The molecule has 1 amide bonds. The Bertz CT molecular complexity index is 537. The normalized spacial score (nSPS) is 12.2. The summed E-state index contributed by atoms with van der Waals surface area (Å²) >= 11 is 1.28. The molecule has 94 valence electrons. The summed E-state index contributed by atoms with van der Waals surface area (Å²) in [4.78, 5) is 15.5. The van der Waals surface area contributed by atoms with E-state index in [1.165, 1.54) is 29.8 Å². The maximum atomic E-state index is 13.5. The molecular formula is C12H10F2N2OS. The average molecular weight is 268 g/mol. The average Bonchev–Trinajstić information content (AvgIpc) is 2.81. The van der Waals surface area contributed by atoms with Crippen molar-refractivity contribution >= 4 is 17.2 Å². The van der Waals surface area contributed by atoms with E-state index in [0.29, 0.717) is 0 Å². The van der Waals surface area contributed by atoms with Gasteiger partial charge in [-0.1, -0.05) is 6.07 Å². The number of nitrogens with one attached hydrogen (secondary N) is 1. The number of nitrogens with zero attached hydrogens (tertiary/aromatic N) is 1. The van der Waals surface area contributed by atoms with E-state index >= 15 is 0 Å². The van der Waals surface area contributed by atoms with Crippen LogP contribution >= 0.6 is 11.3 Å². The highest BCUT2D eigenvalue weighted by molar-refractivity contribution is 7.07. The van der Waals surface area contributed by atoms with E-state index < -0.39 is 23.6 Å². The van der Waals surface area contributed by atoms with Crippen molar-refractivity contribution in [2.24, 2.45) is 0 Å². The largest absolute Gasteiger partial charge is 0.344 e. The Morgan fingerprint density at radius 3 is 2.61 bits per heavy atom. The first kappa shape index (κ1) is 12.6. The summed E-state index contributed by atoms with van der Waals surface area (Å²) in [5.74, 6) is -1.81. The van der Waals surface area contributed by atoms with Crippen molar-refractivity contribution in [3.05, 3.63) is 52.0 Å². The SMILES string of the molecule is CC(NC(=O)c1cscn1)c1c(F)cccc1F.